The van der Waals surface area contributed by atoms with Crippen molar-refractivity contribution >= 4 is 37.3 Å². The van der Waals surface area contributed by atoms with E-state index in [1.807, 2.05) is 24.6 Å². The number of carbonyl (C=O) groups excluding carboxylic acids is 1. The molecule has 2 heterocycles. The van der Waals surface area contributed by atoms with Gasteiger partial charge < -0.3 is 14.7 Å². The summed E-state index contributed by atoms with van der Waals surface area (Å²) in [6.07, 6.45) is 4.92. The summed E-state index contributed by atoms with van der Waals surface area (Å²) in [6.45, 7) is 0.0505. The Morgan fingerprint density at radius 1 is 1.37 bits per heavy atom. The summed E-state index contributed by atoms with van der Waals surface area (Å²) in [4.78, 5) is 21.9. The van der Waals surface area contributed by atoms with Gasteiger partial charge in [0.15, 0.2) is 0 Å². The molecule has 0 saturated carbocycles. The average molecular weight is 403 g/mol. The predicted octanol–water partition coefficient (Wildman–Crippen LogP) is 3.70. The van der Waals surface area contributed by atoms with Crippen molar-refractivity contribution in [1.82, 2.24) is 9.78 Å². The van der Waals surface area contributed by atoms with Gasteiger partial charge in [0.05, 0.1) is 23.4 Å². The number of nitrogens with one attached hydrogen (secondary N) is 1. The van der Waals surface area contributed by atoms with E-state index in [2.05, 4.69) is 14.9 Å². The number of amides is 1. The van der Waals surface area contributed by atoms with E-state index < -0.39 is 8.25 Å². The SMILES string of the molecule is Cn1ncc(/C=C/C(=O)Nc2ccc(CO[PH](=O)O)cc2)c1-c1cccs1. The van der Waals surface area contributed by atoms with E-state index in [1.54, 1.807) is 52.6 Å². The van der Waals surface area contributed by atoms with E-state index in [4.69, 9.17) is 4.89 Å². The number of aromatic nitrogens is 2. The molecule has 1 amide bonds. The molecule has 0 spiro atoms. The second-order valence-electron chi connectivity index (χ2n) is 5.62. The van der Waals surface area contributed by atoms with Crippen LogP contribution in [-0.2, 0) is 27.5 Å². The first-order chi connectivity index (χ1) is 13.0. The summed E-state index contributed by atoms with van der Waals surface area (Å²) < 4.78 is 17.0. The van der Waals surface area contributed by atoms with E-state index in [0.717, 1.165) is 21.7 Å². The number of carbonyl (C=O) groups is 1. The molecule has 0 bridgehead atoms. The minimum Gasteiger partial charge on any atom is -0.326 e. The number of rotatable bonds is 7. The number of aryl methyl sites for hydroxylation is 1. The van der Waals surface area contributed by atoms with Gasteiger partial charge in [-0.15, -0.1) is 11.3 Å². The highest BCUT2D eigenvalue weighted by Gasteiger charge is 2.10. The second-order valence-corrected chi connectivity index (χ2v) is 7.39. The molecular formula is C18H18N3O4PS. The van der Waals surface area contributed by atoms with Gasteiger partial charge in [0.1, 0.15) is 0 Å². The van der Waals surface area contributed by atoms with Gasteiger partial charge in [-0.25, -0.2) is 0 Å². The summed E-state index contributed by atoms with van der Waals surface area (Å²) in [5.74, 6) is -0.264. The number of benzene rings is 1. The van der Waals surface area contributed by atoms with Gasteiger partial charge in [-0.1, -0.05) is 18.2 Å². The molecule has 0 fully saturated rings. The molecule has 0 aliphatic heterocycles. The predicted molar refractivity (Wildman–Crippen MR) is 107 cm³/mol. The lowest BCUT2D eigenvalue weighted by atomic mass is 10.2. The topological polar surface area (TPSA) is 93.5 Å². The zero-order chi connectivity index (χ0) is 19.2. The Hall–Kier alpha value is -2.51. The van der Waals surface area contributed by atoms with E-state index in [0.29, 0.717) is 5.69 Å². The molecule has 2 aromatic heterocycles. The summed E-state index contributed by atoms with van der Waals surface area (Å²) in [5.41, 5.74) is 3.19. The molecule has 140 valence electrons. The first kappa shape index (κ1) is 19.3. The Bertz CT molecular complexity index is 965. The van der Waals surface area contributed by atoms with Crippen LogP contribution in [0.4, 0.5) is 5.69 Å². The van der Waals surface area contributed by atoms with Crippen LogP contribution >= 0.6 is 19.6 Å². The van der Waals surface area contributed by atoms with Gasteiger partial charge in [0.2, 0.25) is 5.91 Å². The smallest absolute Gasteiger partial charge is 0.316 e. The van der Waals surface area contributed by atoms with Gasteiger partial charge in [-0.05, 0) is 35.2 Å². The molecule has 9 heteroatoms. The second kappa shape index (κ2) is 8.92. The van der Waals surface area contributed by atoms with Crippen molar-refractivity contribution in [2.45, 2.75) is 6.61 Å². The van der Waals surface area contributed by atoms with Crippen LogP contribution in [0, 0.1) is 0 Å². The van der Waals surface area contributed by atoms with E-state index in [1.165, 1.54) is 6.08 Å². The van der Waals surface area contributed by atoms with Crippen LogP contribution in [0.15, 0.2) is 54.1 Å². The lowest BCUT2D eigenvalue weighted by Crippen LogP contribution is -2.07. The first-order valence-electron chi connectivity index (χ1n) is 8.02. The van der Waals surface area contributed by atoms with Gasteiger partial charge in [-0.2, -0.15) is 5.10 Å². The van der Waals surface area contributed by atoms with Crippen molar-refractivity contribution in [2.24, 2.45) is 7.05 Å². The van der Waals surface area contributed by atoms with Gasteiger partial charge in [0, 0.05) is 24.4 Å². The van der Waals surface area contributed by atoms with E-state index >= 15 is 0 Å². The van der Waals surface area contributed by atoms with Crippen LogP contribution in [0.2, 0.25) is 0 Å². The van der Waals surface area contributed by atoms with Crippen molar-refractivity contribution < 1.29 is 18.8 Å². The van der Waals surface area contributed by atoms with Crippen LogP contribution in [0.3, 0.4) is 0 Å². The fraction of sp³-hybridized carbons (Fsp3) is 0.111. The highest BCUT2D eigenvalue weighted by atomic mass is 32.1. The molecule has 1 unspecified atom stereocenters. The molecule has 0 aliphatic rings. The molecule has 7 nitrogen and oxygen atoms in total. The quantitative estimate of drug-likeness (QED) is 0.463. The maximum absolute atomic E-state index is 12.2. The van der Waals surface area contributed by atoms with Gasteiger partial charge in [0.25, 0.3) is 0 Å². The third kappa shape index (κ3) is 5.24. The number of hydrogen-bond donors (Lipinski definition) is 2. The summed E-state index contributed by atoms with van der Waals surface area (Å²) >= 11 is 1.61. The van der Waals surface area contributed by atoms with E-state index in [-0.39, 0.29) is 12.5 Å². The fourth-order valence-corrected chi connectivity index (χ4v) is 3.58. The minimum absolute atomic E-state index is 0.0505. The highest BCUT2D eigenvalue weighted by Crippen LogP contribution is 2.28. The molecule has 0 radical (unpaired) electrons. The standard InChI is InChI=1S/C18H18N3O4PS/c1-21-18(16-3-2-10-27-16)14(11-19-21)6-9-17(22)20-15-7-4-13(5-8-15)12-25-26(23)24/h2-11,26H,12H2,1H3,(H,20,22)(H,23,24)/b9-6+. The summed E-state index contributed by atoms with van der Waals surface area (Å²) in [5, 5.41) is 9.03. The lowest BCUT2D eigenvalue weighted by Gasteiger charge is -2.05. The third-order valence-corrected chi connectivity index (χ3v) is 4.99. The Morgan fingerprint density at radius 3 is 2.81 bits per heavy atom. The van der Waals surface area contributed by atoms with Crippen LogP contribution in [-0.4, -0.2) is 20.6 Å². The first-order valence-corrected chi connectivity index (χ1v) is 10.2. The van der Waals surface area contributed by atoms with Crippen LogP contribution < -0.4 is 5.32 Å². The summed E-state index contributed by atoms with van der Waals surface area (Å²) in [6, 6.07) is 10.8. The van der Waals surface area contributed by atoms with Crippen LogP contribution in [0.25, 0.3) is 16.6 Å². The number of hydrogen-bond acceptors (Lipinski definition) is 5. The maximum Gasteiger partial charge on any atom is 0.316 e. The van der Waals surface area contributed by atoms with Crippen molar-refractivity contribution in [3.63, 3.8) is 0 Å². The van der Waals surface area contributed by atoms with Gasteiger partial charge in [-0.3, -0.25) is 14.0 Å². The lowest BCUT2D eigenvalue weighted by molar-refractivity contribution is -0.111. The fourth-order valence-electron chi connectivity index (χ4n) is 2.47. The monoisotopic (exact) mass is 403 g/mol. The molecular weight excluding hydrogens is 385 g/mol. The maximum atomic E-state index is 12.2. The largest absolute Gasteiger partial charge is 0.326 e. The molecule has 0 aliphatic carbocycles. The minimum atomic E-state index is -2.95. The Kier molecular flexibility index (Phi) is 6.36. The third-order valence-electron chi connectivity index (χ3n) is 3.72. The Balaban J connectivity index is 1.64. The van der Waals surface area contributed by atoms with Crippen molar-refractivity contribution in [1.29, 1.82) is 0 Å². The molecule has 3 rings (SSSR count). The molecule has 27 heavy (non-hydrogen) atoms. The molecule has 0 saturated heterocycles. The van der Waals surface area contributed by atoms with E-state index in [9.17, 15) is 9.36 Å². The van der Waals surface area contributed by atoms with Gasteiger partial charge >= 0.3 is 8.25 Å². The number of anilines is 1. The molecule has 1 aromatic carbocycles. The number of thiophene rings is 1. The molecule has 1 atom stereocenters. The normalized spacial score (nSPS) is 12.4. The zero-order valence-electron chi connectivity index (χ0n) is 14.5. The Morgan fingerprint density at radius 2 is 2.15 bits per heavy atom. The molecule has 3 aromatic rings. The van der Waals surface area contributed by atoms with Crippen molar-refractivity contribution in [2.75, 3.05) is 5.32 Å². The van der Waals surface area contributed by atoms with Crippen molar-refractivity contribution in [3.05, 3.63) is 65.2 Å². The van der Waals surface area contributed by atoms with Crippen LogP contribution in [0.5, 0.6) is 0 Å². The zero-order valence-corrected chi connectivity index (χ0v) is 16.3. The Labute approximate surface area is 160 Å². The average Bonchev–Trinajstić information content (AvgIpc) is 3.28. The molecule has 2 N–H and O–H groups in total. The van der Waals surface area contributed by atoms with Crippen LogP contribution in [0.1, 0.15) is 11.1 Å². The van der Waals surface area contributed by atoms with Crippen molar-refractivity contribution in [3.8, 4) is 10.6 Å². The highest BCUT2D eigenvalue weighted by molar-refractivity contribution is 7.32. The summed E-state index contributed by atoms with van der Waals surface area (Å²) in [7, 11) is -1.08. The number of nitrogens with zero attached hydrogens (tertiary/aromatic N) is 2.